The normalized spacial score (nSPS) is 14.1. The maximum Gasteiger partial charge on any atom is 0.233 e. The van der Waals surface area contributed by atoms with Gasteiger partial charge in [-0.3, -0.25) is 9.52 Å². The summed E-state index contributed by atoms with van der Waals surface area (Å²) in [4.78, 5) is 14.4. The molecule has 2 aromatic carbocycles. The standard InChI is InChI=1S/C21H26N2O3S/c1-21(2,3)20(24)23-13-11-17-9-10-18(15-19(17)23)22-27(25,26)14-12-16-7-5-4-6-8-16/h4-10,15,22H,11-14H2,1-3H3. The minimum Gasteiger partial charge on any atom is -0.311 e. The molecule has 1 N–H and O–H groups in total. The Labute approximate surface area is 161 Å². The van der Waals surface area contributed by atoms with E-state index in [1.165, 1.54) is 0 Å². The Morgan fingerprint density at radius 1 is 1.11 bits per heavy atom. The second-order valence-electron chi connectivity index (χ2n) is 7.96. The lowest BCUT2D eigenvalue weighted by atomic mass is 9.94. The van der Waals surface area contributed by atoms with Crippen LogP contribution in [-0.2, 0) is 27.7 Å². The second kappa shape index (κ2) is 7.35. The third-order valence-corrected chi connectivity index (χ3v) is 5.93. The zero-order valence-corrected chi connectivity index (χ0v) is 16.8. The molecule has 5 nitrogen and oxygen atoms in total. The Bertz CT molecular complexity index is 932. The number of amides is 1. The third-order valence-electron chi connectivity index (χ3n) is 4.64. The number of aryl methyl sites for hydroxylation is 1. The van der Waals surface area contributed by atoms with E-state index >= 15 is 0 Å². The average molecular weight is 387 g/mol. The lowest BCUT2D eigenvalue weighted by Crippen LogP contribution is -2.38. The van der Waals surface area contributed by atoms with E-state index in [-0.39, 0.29) is 11.7 Å². The number of carbonyl (C=O) groups is 1. The number of rotatable bonds is 5. The van der Waals surface area contributed by atoms with E-state index in [1.807, 2.05) is 57.2 Å². The highest BCUT2D eigenvalue weighted by Crippen LogP contribution is 2.34. The van der Waals surface area contributed by atoms with Crippen LogP contribution in [0.5, 0.6) is 0 Å². The van der Waals surface area contributed by atoms with Gasteiger partial charge in [-0.2, -0.15) is 0 Å². The third kappa shape index (κ3) is 4.69. The molecule has 144 valence electrons. The molecule has 0 unspecified atom stereocenters. The van der Waals surface area contributed by atoms with E-state index in [4.69, 9.17) is 0 Å². The molecule has 0 radical (unpaired) electrons. The number of fused-ring (bicyclic) bond motifs is 1. The summed E-state index contributed by atoms with van der Waals surface area (Å²) in [6.45, 7) is 6.31. The van der Waals surface area contributed by atoms with E-state index in [9.17, 15) is 13.2 Å². The van der Waals surface area contributed by atoms with Crippen LogP contribution in [0.4, 0.5) is 11.4 Å². The van der Waals surface area contributed by atoms with Crippen LogP contribution in [0.25, 0.3) is 0 Å². The van der Waals surface area contributed by atoms with Crippen molar-refractivity contribution in [2.75, 3.05) is 21.9 Å². The number of hydrogen-bond acceptors (Lipinski definition) is 3. The maximum atomic E-state index is 12.7. The molecule has 1 aliphatic rings. The van der Waals surface area contributed by atoms with Crippen LogP contribution in [0.2, 0.25) is 0 Å². The molecule has 1 amide bonds. The molecule has 0 spiro atoms. The van der Waals surface area contributed by atoms with Gasteiger partial charge in [0.1, 0.15) is 0 Å². The fourth-order valence-electron chi connectivity index (χ4n) is 3.19. The molecule has 1 heterocycles. The Morgan fingerprint density at radius 3 is 2.48 bits per heavy atom. The fourth-order valence-corrected chi connectivity index (χ4v) is 4.28. The summed E-state index contributed by atoms with van der Waals surface area (Å²) in [5.74, 6) is 0.0592. The van der Waals surface area contributed by atoms with Gasteiger partial charge in [-0.25, -0.2) is 8.42 Å². The van der Waals surface area contributed by atoms with Gasteiger partial charge in [0.15, 0.2) is 0 Å². The zero-order valence-electron chi connectivity index (χ0n) is 16.0. The van der Waals surface area contributed by atoms with E-state index in [1.54, 1.807) is 17.0 Å². The van der Waals surface area contributed by atoms with Crippen LogP contribution in [0, 0.1) is 5.41 Å². The predicted octanol–water partition coefficient (Wildman–Crippen LogP) is 3.61. The van der Waals surface area contributed by atoms with Crippen molar-refractivity contribution in [3.8, 4) is 0 Å². The number of sulfonamides is 1. The van der Waals surface area contributed by atoms with Gasteiger partial charge in [0.2, 0.25) is 15.9 Å². The smallest absolute Gasteiger partial charge is 0.233 e. The van der Waals surface area contributed by atoms with Crippen LogP contribution in [0.1, 0.15) is 31.9 Å². The van der Waals surface area contributed by atoms with Crippen molar-refractivity contribution in [3.63, 3.8) is 0 Å². The van der Waals surface area contributed by atoms with Gasteiger partial charge in [0.05, 0.1) is 11.4 Å². The van der Waals surface area contributed by atoms with Crippen LogP contribution in [-0.4, -0.2) is 26.6 Å². The summed E-state index contributed by atoms with van der Waals surface area (Å²) in [5, 5.41) is 0. The van der Waals surface area contributed by atoms with Crippen LogP contribution < -0.4 is 9.62 Å². The van der Waals surface area contributed by atoms with Gasteiger partial charge in [0.25, 0.3) is 0 Å². The summed E-state index contributed by atoms with van der Waals surface area (Å²) in [6, 6.07) is 15.0. The SMILES string of the molecule is CC(C)(C)C(=O)N1CCc2ccc(NS(=O)(=O)CCc3ccccc3)cc21. The lowest BCUT2D eigenvalue weighted by Gasteiger charge is -2.26. The van der Waals surface area contributed by atoms with Gasteiger partial charge in [-0.05, 0) is 36.1 Å². The Balaban J connectivity index is 1.74. The average Bonchev–Trinajstić information content (AvgIpc) is 3.02. The van der Waals surface area contributed by atoms with Crippen LogP contribution in [0.15, 0.2) is 48.5 Å². The first-order chi connectivity index (χ1) is 12.7. The molecule has 0 aliphatic carbocycles. The molecule has 0 fully saturated rings. The lowest BCUT2D eigenvalue weighted by molar-refractivity contribution is -0.125. The number of nitrogens with one attached hydrogen (secondary N) is 1. The van der Waals surface area contributed by atoms with Gasteiger partial charge in [-0.1, -0.05) is 57.2 Å². The molecule has 0 bridgehead atoms. The first kappa shape index (κ1) is 19.4. The number of nitrogens with zero attached hydrogens (tertiary/aromatic N) is 1. The summed E-state index contributed by atoms with van der Waals surface area (Å²) in [6.07, 6.45) is 1.24. The van der Waals surface area contributed by atoms with E-state index in [0.717, 1.165) is 23.2 Å². The molecule has 2 aromatic rings. The minimum absolute atomic E-state index is 0.0126. The second-order valence-corrected chi connectivity index (χ2v) is 9.80. The molecule has 0 saturated heterocycles. The minimum atomic E-state index is -3.47. The summed E-state index contributed by atoms with van der Waals surface area (Å²) in [7, 11) is -3.47. The largest absolute Gasteiger partial charge is 0.311 e. The van der Waals surface area contributed by atoms with Gasteiger partial charge < -0.3 is 4.90 Å². The number of carbonyl (C=O) groups excluding carboxylic acids is 1. The molecular formula is C21H26N2O3S. The summed E-state index contributed by atoms with van der Waals surface area (Å²) < 4.78 is 27.6. The molecule has 0 aromatic heterocycles. The molecule has 6 heteroatoms. The van der Waals surface area contributed by atoms with Gasteiger partial charge in [0, 0.05) is 17.6 Å². The molecular weight excluding hydrogens is 360 g/mol. The fraction of sp³-hybridized carbons (Fsp3) is 0.381. The van der Waals surface area contributed by atoms with E-state index in [0.29, 0.717) is 18.7 Å². The topological polar surface area (TPSA) is 66.5 Å². The highest BCUT2D eigenvalue weighted by molar-refractivity contribution is 7.92. The summed E-state index contributed by atoms with van der Waals surface area (Å²) in [5.41, 5.74) is 2.87. The van der Waals surface area contributed by atoms with Gasteiger partial charge in [-0.15, -0.1) is 0 Å². The Hall–Kier alpha value is -2.34. The highest BCUT2D eigenvalue weighted by atomic mass is 32.2. The quantitative estimate of drug-likeness (QED) is 0.854. The molecule has 0 atom stereocenters. The Kier molecular flexibility index (Phi) is 5.29. The number of hydrogen-bond donors (Lipinski definition) is 1. The zero-order chi connectivity index (χ0) is 19.7. The van der Waals surface area contributed by atoms with E-state index in [2.05, 4.69) is 4.72 Å². The number of benzene rings is 2. The Morgan fingerprint density at radius 2 is 1.81 bits per heavy atom. The molecule has 1 aliphatic heterocycles. The summed E-state index contributed by atoms with van der Waals surface area (Å²) >= 11 is 0. The van der Waals surface area contributed by atoms with Crippen molar-refractivity contribution >= 4 is 27.3 Å². The van der Waals surface area contributed by atoms with Crippen molar-refractivity contribution in [1.82, 2.24) is 0 Å². The van der Waals surface area contributed by atoms with Gasteiger partial charge >= 0.3 is 0 Å². The highest BCUT2D eigenvalue weighted by Gasteiger charge is 2.32. The monoisotopic (exact) mass is 386 g/mol. The van der Waals surface area contributed by atoms with E-state index < -0.39 is 15.4 Å². The van der Waals surface area contributed by atoms with Crippen LogP contribution in [0.3, 0.4) is 0 Å². The first-order valence-corrected chi connectivity index (χ1v) is 10.8. The van der Waals surface area contributed by atoms with Crippen molar-refractivity contribution < 1.29 is 13.2 Å². The molecule has 27 heavy (non-hydrogen) atoms. The predicted molar refractivity (Wildman–Crippen MR) is 110 cm³/mol. The van der Waals surface area contributed by atoms with Crippen molar-refractivity contribution in [2.45, 2.75) is 33.6 Å². The first-order valence-electron chi connectivity index (χ1n) is 9.15. The molecule has 3 rings (SSSR count). The molecule has 0 saturated carbocycles. The van der Waals surface area contributed by atoms with Crippen molar-refractivity contribution in [2.24, 2.45) is 5.41 Å². The van der Waals surface area contributed by atoms with Crippen molar-refractivity contribution in [1.29, 1.82) is 0 Å². The van der Waals surface area contributed by atoms with Crippen molar-refractivity contribution in [3.05, 3.63) is 59.7 Å². The maximum absolute atomic E-state index is 12.7. The number of anilines is 2. The van der Waals surface area contributed by atoms with Crippen LogP contribution >= 0.6 is 0 Å².